The molecule has 8 nitrogen and oxygen atoms in total. The molecule has 1 N–H and O–H groups in total. The summed E-state index contributed by atoms with van der Waals surface area (Å²) in [6, 6.07) is 12.5. The standard InChI is InChI=1S/C25H29NO7S/c1-32-22-11-7-19(8-12-22)6-4-2-3-5-16-33-23-13-10-21(18-20(23)9-14-25(28)29)26-24(27)15-17-34(26,30)31/h4,6-8,10-13,18H,2-3,5,9,14-17H2,1H3,(H,28,29)/b6-4+. The number of carboxylic acids is 1. The SMILES string of the molecule is COc1ccc(/C=C/CCCCOc2ccc(N3C(=O)CCS3(=O)=O)cc2CCC(=O)O)cc1. The van der Waals surface area contributed by atoms with Crippen molar-refractivity contribution in [2.75, 3.05) is 23.8 Å². The molecule has 1 amide bonds. The highest BCUT2D eigenvalue weighted by Crippen LogP contribution is 2.31. The van der Waals surface area contributed by atoms with Crippen molar-refractivity contribution in [2.45, 2.75) is 38.5 Å². The van der Waals surface area contributed by atoms with E-state index < -0.39 is 21.9 Å². The molecule has 0 aromatic heterocycles. The fraction of sp³-hybridized carbons (Fsp3) is 0.360. The number of carboxylic acid groups (broad SMARTS) is 1. The lowest BCUT2D eigenvalue weighted by molar-refractivity contribution is -0.137. The number of rotatable bonds is 12. The van der Waals surface area contributed by atoms with E-state index in [1.165, 1.54) is 12.1 Å². The van der Waals surface area contributed by atoms with E-state index in [0.717, 1.165) is 34.9 Å². The maximum atomic E-state index is 12.2. The number of aliphatic carboxylic acids is 1. The topological polar surface area (TPSA) is 110 Å². The highest BCUT2D eigenvalue weighted by Gasteiger charge is 2.36. The van der Waals surface area contributed by atoms with E-state index in [0.29, 0.717) is 17.9 Å². The van der Waals surface area contributed by atoms with Crippen molar-refractivity contribution >= 4 is 33.7 Å². The highest BCUT2D eigenvalue weighted by molar-refractivity contribution is 7.94. The molecule has 1 aliphatic rings. The zero-order valence-corrected chi connectivity index (χ0v) is 19.9. The van der Waals surface area contributed by atoms with Gasteiger partial charge in [-0.05, 0) is 67.1 Å². The van der Waals surface area contributed by atoms with Gasteiger partial charge in [-0.3, -0.25) is 9.59 Å². The Morgan fingerprint density at radius 3 is 2.56 bits per heavy atom. The van der Waals surface area contributed by atoms with Crippen molar-refractivity contribution < 1.29 is 32.6 Å². The van der Waals surface area contributed by atoms with Crippen molar-refractivity contribution in [3.8, 4) is 11.5 Å². The largest absolute Gasteiger partial charge is 0.497 e. The number of ether oxygens (including phenoxy) is 2. The van der Waals surface area contributed by atoms with Crippen LogP contribution >= 0.6 is 0 Å². The quantitative estimate of drug-likeness (QED) is 0.450. The molecule has 0 radical (unpaired) electrons. The molecule has 0 atom stereocenters. The number of benzene rings is 2. The predicted octanol–water partition coefficient (Wildman–Crippen LogP) is 4.04. The van der Waals surface area contributed by atoms with E-state index in [1.807, 2.05) is 24.3 Å². The van der Waals surface area contributed by atoms with Gasteiger partial charge in [-0.25, -0.2) is 12.7 Å². The number of carbonyl (C=O) groups excluding carboxylic acids is 1. The Morgan fingerprint density at radius 2 is 1.91 bits per heavy atom. The number of sulfonamides is 1. The molecule has 0 spiro atoms. The van der Waals surface area contributed by atoms with Crippen molar-refractivity contribution in [3.63, 3.8) is 0 Å². The van der Waals surface area contributed by atoms with Crippen LogP contribution in [0.2, 0.25) is 0 Å². The van der Waals surface area contributed by atoms with E-state index in [2.05, 4.69) is 12.2 Å². The Labute approximate surface area is 199 Å². The molecule has 0 bridgehead atoms. The molecule has 0 aliphatic carbocycles. The molecule has 9 heteroatoms. The lowest BCUT2D eigenvalue weighted by atomic mass is 10.1. The average molecular weight is 488 g/mol. The first-order valence-electron chi connectivity index (χ1n) is 11.1. The smallest absolute Gasteiger partial charge is 0.303 e. The Morgan fingerprint density at radius 1 is 1.15 bits per heavy atom. The maximum absolute atomic E-state index is 12.2. The van der Waals surface area contributed by atoms with Gasteiger partial charge in [0, 0.05) is 12.8 Å². The lowest BCUT2D eigenvalue weighted by Gasteiger charge is -2.18. The number of carbonyl (C=O) groups is 2. The highest BCUT2D eigenvalue weighted by atomic mass is 32.2. The van der Waals surface area contributed by atoms with Gasteiger partial charge < -0.3 is 14.6 Å². The van der Waals surface area contributed by atoms with Gasteiger partial charge in [-0.15, -0.1) is 0 Å². The fourth-order valence-electron chi connectivity index (χ4n) is 3.62. The monoisotopic (exact) mass is 487 g/mol. The summed E-state index contributed by atoms with van der Waals surface area (Å²) < 4.78 is 36.3. The molecule has 2 aromatic rings. The number of amides is 1. The first kappa shape index (κ1) is 25.3. The number of hydrogen-bond donors (Lipinski definition) is 1. The van der Waals surface area contributed by atoms with Gasteiger partial charge in [0.2, 0.25) is 15.9 Å². The summed E-state index contributed by atoms with van der Waals surface area (Å²) in [5.74, 6) is -0.353. The van der Waals surface area contributed by atoms with Crippen molar-refractivity contribution in [2.24, 2.45) is 0 Å². The number of aryl methyl sites for hydroxylation is 1. The zero-order chi connectivity index (χ0) is 24.6. The van der Waals surface area contributed by atoms with Crippen LogP contribution in [0.3, 0.4) is 0 Å². The summed E-state index contributed by atoms with van der Waals surface area (Å²) in [6.45, 7) is 0.441. The molecule has 182 valence electrons. The zero-order valence-electron chi connectivity index (χ0n) is 19.1. The van der Waals surface area contributed by atoms with Crippen molar-refractivity contribution in [1.29, 1.82) is 0 Å². The molecule has 1 heterocycles. The normalized spacial score (nSPS) is 15.1. The molecule has 0 unspecified atom stereocenters. The number of unbranched alkanes of at least 4 members (excludes halogenated alkanes) is 2. The van der Waals surface area contributed by atoms with Gasteiger partial charge in [0.05, 0.1) is 25.2 Å². The maximum Gasteiger partial charge on any atom is 0.303 e. The van der Waals surface area contributed by atoms with Gasteiger partial charge in [0.15, 0.2) is 0 Å². The number of hydrogen-bond acceptors (Lipinski definition) is 6. The number of methoxy groups -OCH3 is 1. The summed E-state index contributed by atoms with van der Waals surface area (Å²) >= 11 is 0. The minimum Gasteiger partial charge on any atom is -0.497 e. The van der Waals surface area contributed by atoms with Crippen LogP contribution in [0.5, 0.6) is 11.5 Å². The number of nitrogens with zero attached hydrogens (tertiary/aromatic N) is 1. The summed E-state index contributed by atoms with van der Waals surface area (Å²) in [7, 11) is -2.06. The molecule has 2 aromatic carbocycles. The molecule has 3 rings (SSSR count). The Bertz CT molecular complexity index is 1140. The summed E-state index contributed by atoms with van der Waals surface area (Å²) in [5, 5.41) is 9.06. The summed E-state index contributed by atoms with van der Waals surface area (Å²) in [6.07, 6.45) is 6.73. The molecule has 1 saturated heterocycles. The van der Waals surface area contributed by atoms with Crippen LogP contribution in [-0.2, 0) is 26.0 Å². The van der Waals surface area contributed by atoms with Crippen LogP contribution in [0.15, 0.2) is 48.5 Å². The molecular formula is C25H29NO7S. The van der Waals surface area contributed by atoms with Crippen molar-refractivity contribution in [1.82, 2.24) is 0 Å². The molecule has 0 saturated carbocycles. The Balaban J connectivity index is 1.55. The third kappa shape index (κ3) is 6.84. The summed E-state index contributed by atoms with van der Waals surface area (Å²) in [5.41, 5.74) is 1.88. The molecular weight excluding hydrogens is 458 g/mol. The van der Waals surface area contributed by atoms with Crippen LogP contribution in [0.4, 0.5) is 5.69 Å². The third-order valence-corrected chi connectivity index (χ3v) is 7.10. The van der Waals surface area contributed by atoms with Gasteiger partial charge in [0.1, 0.15) is 11.5 Å². The van der Waals surface area contributed by atoms with Gasteiger partial charge in [-0.1, -0.05) is 24.3 Å². The minimum absolute atomic E-state index is 0.0576. The fourth-order valence-corrected chi connectivity index (χ4v) is 5.07. The predicted molar refractivity (Wildman–Crippen MR) is 130 cm³/mol. The first-order chi connectivity index (χ1) is 16.3. The van der Waals surface area contributed by atoms with Gasteiger partial charge >= 0.3 is 5.97 Å². The van der Waals surface area contributed by atoms with Crippen LogP contribution in [0.25, 0.3) is 6.08 Å². The van der Waals surface area contributed by atoms with E-state index in [-0.39, 0.29) is 30.7 Å². The second kappa shape index (κ2) is 11.7. The van der Waals surface area contributed by atoms with E-state index in [9.17, 15) is 18.0 Å². The van der Waals surface area contributed by atoms with Crippen LogP contribution in [0.1, 0.15) is 43.2 Å². The molecule has 1 fully saturated rings. The molecule has 1 aliphatic heterocycles. The van der Waals surface area contributed by atoms with E-state index in [1.54, 1.807) is 13.2 Å². The van der Waals surface area contributed by atoms with Crippen LogP contribution < -0.4 is 13.8 Å². The second-order valence-electron chi connectivity index (χ2n) is 7.93. The third-order valence-electron chi connectivity index (χ3n) is 5.41. The van der Waals surface area contributed by atoms with Crippen molar-refractivity contribution in [3.05, 3.63) is 59.7 Å². The van der Waals surface area contributed by atoms with E-state index in [4.69, 9.17) is 14.6 Å². The lowest BCUT2D eigenvalue weighted by Crippen LogP contribution is -2.29. The Hall–Kier alpha value is -3.33. The van der Waals surface area contributed by atoms with Gasteiger partial charge in [0.25, 0.3) is 0 Å². The van der Waals surface area contributed by atoms with Gasteiger partial charge in [-0.2, -0.15) is 0 Å². The number of anilines is 1. The van der Waals surface area contributed by atoms with E-state index >= 15 is 0 Å². The summed E-state index contributed by atoms with van der Waals surface area (Å²) in [4.78, 5) is 23.1. The molecule has 34 heavy (non-hydrogen) atoms. The minimum atomic E-state index is -3.69. The second-order valence-corrected chi connectivity index (χ2v) is 9.87. The van der Waals surface area contributed by atoms with Crippen LogP contribution in [-0.4, -0.2) is 44.9 Å². The first-order valence-corrected chi connectivity index (χ1v) is 12.7. The number of allylic oxidation sites excluding steroid dienone is 1. The Kier molecular flexibility index (Phi) is 8.70. The van der Waals surface area contributed by atoms with Crippen LogP contribution in [0, 0.1) is 0 Å². The average Bonchev–Trinajstić information content (AvgIpc) is 3.09.